The van der Waals surface area contributed by atoms with Crippen LogP contribution in [0.2, 0.25) is 0 Å². The summed E-state index contributed by atoms with van der Waals surface area (Å²) in [6.45, 7) is 4.15. The maximum Gasteiger partial charge on any atom is 0.472 e. The van der Waals surface area contributed by atoms with E-state index >= 15 is 0 Å². The second-order valence-corrected chi connectivity index (χ2v) is 28.4. The molecule has 19 heteroatoms. The minimum absolute atomic E-state index is 0.0537. The summed E-state index contributed by atoms with van der Waals surface area (Å²) in [6.07, 6.45) is 99.6. The third-order valence-corrected chi connectivity index (χ3v) is 17.4. The van der Waals surface area contributed by atoms with Gasteiger partial charge < -0.3 is 33.8 Å². The molecule has 0 saturated heterocycles. The molecule has 0 saturated carbocycles. The SMILES string of the molecule is CC/C=C\C/C=C\C/C=C\C/C=C\C/C=C\CCCCCC(=O)OCC(COP(=O)(O)OCC(O)COP(=O)(O)OCC(COC(=O)CCC/C=C\C/C=C\C/C=C\C/C=C\C/C=C\CC)OC(=O)C/C=C\C/C=C\C/C=C\C/C=C\C/C=C\CC)OC(=O)CCCCCCCCC/C=C\C/C=C\C/C=C\CC. The quantitative estimate of drug-likeness (QED) is 0.0169. The highest BCUT2D eigenvalue weighted by Crippen LogP contribution is 2.45. The first-order chi connectivity index (χ1) is 52.7. The molecule has 17 nitrogen and oxygen atoms in total. The third kappa shape index (κ3) is 77.5. The number of aliphatic hydroxyl groups excluding tert-OH is 1. The van der Waals surface area contributed by atoms with Crippen LogP contribution in [-0.4, -0.2) is 96.7 Å². The minimum atomic E-state index is -5.03. The molecule has 0 amide bonds. The van der Waals surface area contributed by atoms with E-state index in [9.17, 15) is 43.2 Å². The van der Waals surface area contributed by atoms with Crippen molar-refractivity contribution in [2.75, 3.05) is 39.6 Å². The van der Waals surface area contributed by atoms with Crippen LogP contribution in [0, 0.1) is 0 Å². The Hall–Kier alpha value is -6.62. The standard InChI is InChI=1S/C89H138O17P2/c1-5-9-13-17-21-25-29-33-37-40-41-44-47-50-54-58-62-66-70-74-87(92)100-80-85(106-89(94)76-72-68-64-60-56-52-48-43-39-35-31-27-23-19-15-11-7-3)82-104-108(97,98)102-78-83(90)77-101-107(95,96)103-81-84(105-88(93)75-71-67-63-59-55-51-45-36-32-28-24-20-16-12-8-4)79-99-86(91)73-69-65-61-57-53-49-46-42-38-34-30-26-22-18-14-10-6-2/h9-16,21-28,33-39,41,44-46,49-50,54-55,57,59,61,67,71,83-85,90H,5-8,17-20,29-32,40,42-43,47-48,51-53,56,58,60,62-66,68-70,72-82H2,1-4H3,(H,95,96)(H,97,98)/b13-9-,14-10-,15-11-,16-12-,25-21-,26-22-,27-23-,28-24-,37-33-,38-34-,39-35-,44-41-,45-36-,49-46-,54-50-,59-55-,61-57-,71-67-. The van der Waals surface area contributed by atoms with Gasteiger partial charge in [0.25, 0.3) is 0 Å². The molecule has 108 heavy (non-hydrogen) atoms. The fourth-order valence-electron chi connectivity index (χ4n) is 9.55. The van der Waals surface area contributed by atoms with Crippen molar-refractivity contribution in [1.29, 1.82) is 0 Å². The number of carbonyl (C=O) groups is 4. The van der Waals surface area contributed by atoms with Crippen molar-refractivity contribution in [2.24, 2.45) is 0 Å². The molecule has 606 valence electrons. The van der Waals surface area contributed by atoms with Crippen LogP contribution >= 0.6 is 15.6 Å². The van der Waals surface area contributed by atoms with Gasteiger partial charge in [-0.05, 0) is 167 Å². The number of allylic oxidation sites excluding steroid dienone is 35. The van der Waals surface area contributed by atoms with Crippen molar-refractivity contribution >= 4 is 39.5 Å². The molecular formula is C89H138O17P2. The van der Waals surface area contributed by atoms with Crippen LogP contribution in [0.25, 0.3) is 0 Å². The van der Waals surface area contributed by atoms with Gasteiger partial charge in [-0.25, -0.2) is 9.13 Å². The summed E-state index contributed by atoms with van der Waals surface area (Å²) >= 11 is 0. The van der Waals surface area contributed by atoms with E-state index in [2.05, 4.69) is 210 Å². The lowest BCUT2D eigenvalue weighted by atomic mass is 10.1. The van der Waals surface area contributed by atoms with Gasteiger partial charge >= 0.3 is 39.5 Å². The van der Waals surface area contributed by atoms with Gasteiger partial charge in [-0.1, -0.05) is 285 Å². The van der Waals surface area contributed by atoms with E-state index in [1.807, 2.05) is 24.3 Å². The average molecular weight is 1540 g/mol. The number of phosphoric acid groups is 2. The Morgan fingerprint density at radius 3 is 0.824 bits per heavy atom. The van der Waals surface area contributed by atoms with Crippen molar-refractivity contribution in [3.8, 4) is 0 Å². The summed E-state index contributed by atoms with van der Waals surface area (Å²) in [5, 5.41) is 10.6. The zero-order chi connectivity index (χ0) is 78.9. The first kappa shape index (κ1) is 101. The number of esters is 4. The maximum absolute atomic E-state index is 13.1. The van der Waals surface area contributed by atoms with Gasteiger partial charge in [0.15, 0.2) is 12.2 Å². The molecule has 0 bridgehead atoms. The summed E-state index contributed by atoms with van der Waals surface area (Å²) < 4.78 is 68.4. The highest BCUT2D eigenvalue weighted by Gasteiger charge is 2.30. The lowest BCUT2D eigenvalue weighted by Gasteiger charge is -2.21. The molecule has 0 aromatic heterocycles. The van der Waals surface area contributed by atoms with Crippen LogP contribution in [0.3, 0.4) is 0 Å². The molecule has 0 heterocycles. The van der Waals surface area contributed by atoms with Gasteiger partial charge in [-0.3, -0.25) is 37.3 Å². The van der Waals surface area contributed by atoms with Crippen molar-refractivity contribution in [2.45, 2.75) is 277 Å². The molecule has 0 aliphatic carbocycles. The van der Waals surface area contributed by atoms with Crippen molar-refractivity contribution in [1.82, 2.24) is 0 Å². The summed E-state index contributed by atoms with van der Waals surface area (Å²) in [4.78, 5) is 73.0. The highest BCUT2D eigenvalue weighted by molar-refractivity contribution is 7.47. The first-order valence-electron chi connectivity index (χ1n) is 40.0. The molecule has 0 aliphatic heterocycles. The van der Waals surface area contributed by atoms with E-state index in [1.54, 1.807) is 12.2 Å². The topological polar surface area (TPSA) is 237 Å². The Bertz CT molecular complexity index is 2910. The zero-order valence-electron chi connectivity index (χ0n) is 66.2. The van der Waals surface area contributed by atoms with Crippen molar-refractivity contribution in [3.63, 3.8) is 0 Å². The average Bonchev–Trinajstić information content (AvgIpc) is 0.906. The molecule has 0 spiro atoms. The summed E-state index contributed by atoms with van der Waals surface area (Å²) in [7, 11) is -10.0. The van der Waals surface area contributed by atoms with E-state index in [4.69, 9.17) is 37.0 Å². The number of hydrogen-bond acceptors (Lipinski definition) is 15. The predicted molar refractivity (Wildman–Crippen MR) is 445 cm³/mol. The highest BCUT2D eigenvalue weighted by atomic mass is 31.2. The third-order valence-electron chi connectivity index (χ3n) is 15.5. The van der Waals surface area contributed by atoms with Gasteiger partial charge in [0.1, 0.15) is 19.3 Å². The van der Waals surface area contributed by atoms with Gasteiger partial charge in [0, 0.05) is 19.3 Å². The second-order valence-electron chi connectivity index (χ2n) is 25.5. The second kappa shape index (κ2) is 78.5. The lowest BCUT2D eigenvalue weighted by molar-refractivity contribution is -0.161. The number of phosphoric ester groups is 2. The first-order valence-corrected chi connectivity index (χ1v) is 43.0. The van der Waals surface area contributed by atoms with E-state index < -0.39 is 97.5 Å². The molecule has 5 atom stereocenters. The monoisotopic (exact) mass is 1540 g/mol. The van der Waals surface area contributed by atoms with E-state index in [0.717, 1.165) is 173 Å². The van der Waals surface area contributed by atoms with E-state index in [0.29, 0.717) is 32.1 Å². The van der Waals surface area contributed by atoms with Crippen LogP contribution in [0.1, 0.15) is 259 Å². The molecule has 0 fully saturated rings. The molecule has 0 aromatic rings. The Kier molecular flexibility index (Phi) is 73.7. The number of carbonyl (C=O) groups excluding carboxylic acids is 4. The van der Waals surface area contributed by atoms with E-state index in [-0.39, 0.29) is 25.7 Å². The van der Waals surface area contributed by atoms with Gasteiger partial charge in [-0.2, -0.15) is 0 Å². The van der Waals surface area contributed by atoms with Crippen LogP contribution in [0.15, 0.2) is 219 Å². The number of aliphatic hydroxyl groups is 1. The van der Waals surface area contributed by atoms with Crippen LogP contribution in [0.5, 0.6) is 0 Å². The Balaban J connectivity index is 5.55. The summed E-state index contributed by atoms with van der Waals surface area (Å²) in [5.74, 6) is -2.47. The maximum atomic E-state index is 13.1. The molecular weight excluding hydrogens is 1400 g/mol. The molecule has 5 unspecified atom stereocenters. The van der Waals surface area contributed by atoms with Gasteiger partial charge in [0.2, 0.25) is 0 Å². The lowest BCUT2D eigenvalue weighted by Crippen LogP contribution is -2.30. The Morgan fingerprint density at radius 1 is 0.269 bits per heavy atom. The zero-order valence-corrected chi connectivity index (χ0v) is 68.0. The summed E-state index contributed by atoms with van der Waals surface area (Å²) in [6, 6.07) is 0. The van der Waals surface area contributed by atoms with Crippen LogP contribution in [-0.2, 0) is 65.4 Å². The minimum Gasteiger partial charge on any atom is -0.462 e. The Morgan fingerprint density at radius 2 is 0.500 bits per heavy atom. The van der Waals surface area contributed by atoms with E-state index in [1.165, 1.54) is 0 Å². The van der Waals surface area contributed by atoms with Crippen molar-refractivity contribution in [3.05, 3.63) is 219 Å². The fourth-order valence-corrected chi connectivity index (χ4v) is 11.1. The Labute approximate surface area is 651 Å². The molecule has 0 radical (unpaired) electrons. The van der Waals surface area contributed by atoms with Gasteiger partial charge in [-0.15, -0.1) is 0 Å². The molecule has 0 aromatic carbocycles. The number of rotatable bonds is 72. The number of hydrogen-bond donors (Lipinski definition) is 3. The van der Waals surface area contributed by atoms with Gasteiger partial charge in [0.05, 0.1) is 32.8 Å². The van der Waals surface area contributed by atoms with Crippen molar-refractivity contribution < 1.29 is 80.2 Å². The normalized spacial score (nSPS) is 15.0. The smallest absolute Gasteiger partial charge is 0.462 e. The predicted octanol–water partition coefficient (Wildman–Crippen LogP) is 23.7. The number of unbranched alkanes of at least 4 members (excludes halogenated alkanes) is 11. The number of ether oxygens (including phenoxy) is 4. The molecule has 0 rings (SSSR count). The fraction of sp³-hybridized carbons (Fsp3) is 0.551. The van der Waals surface area contributed by atoms with Crippen LogP contribution in [0.4, 0.5) is 0 Å². The summed E-state index contributed by atoms with van der Waals surface area (Å²) in [5.41, 5.74) is 0. The largest absolute Gasteiger partial charge is 0.472 e. The van der Waals surface area contributed by atoms with Crippen LogP contribution < -0.4 is 0 Å². The molecule has 3 N–H and O–H groups in total. The molecule has 0 aliphatic rings.